The van der Waals surface area contributed by atoms with Gasteiger partial charge < -0.3 is 4.74 Å². The SMILES string of the molecule is C[Si+]C(C)(C)CCOCc1ccc(C)nc1Cl. The molecular formula is C13H20ClNOSi+. The van der Waals surface area contributed by atoms with Gasteiger partial charge in [0.05, 0.1) is 19.8 Å². The van der Waals surface area contributed by atoms with Crippen LogP contribution in [0.1, 0.15) is 31.5 Å². The van der Waals surface area contributed by atoms with Gasteiger partial charge in [-0.25, -0.2) is 4.98 Å². The standard InChI is InChI=1S/C13H20ClNOSi/c1-10-5-6-11(12(14)15-10)9-16-8-7-13(2,3)17-4/h5-6H,7-9H2,1-4H3/q+1. The number of aryl methyl sites for hydroxylation is 1. The maximum absolute atomic E-state index is 6.04. The van der Waals surface area contributed by atoms with Crippen LogP contribution in [0.5, 0.6) is 0 Å². The van der Waals surface area contributed by atoms with E-state index in [1.54, 1.807) is 0 Å². The number of rotatable bonds is 6. The molecule has 0 aliphatic rings. The molecule has 0 saturated carbocycles. The summed E-state index contributed by atoms with van der Waals surface area (Å²) in [5.41, 5.74) is 1.90. The van der Waals surface area contributed by atoms with E-state index in [1.165, 1.54) is 0 Å². The molecule has 0 aliphatic carbocycles. The van der Waals surface area contributed by atoms with Crippen molar-refractivity contribution >= 4 is 21.1 Å². The summed E-state index contributed by atoms with van der Waals surface area (Å²) in [6.45, 7) is 10.0. The molecule has 1 rings (SSSR count). The molecule has 0 saturated heterocycles. The fourth-order valence-corrected chi connectivity index (χ4v) is 1.90. The minimum absolute atomic E-state index is 0.384. The van der Waals surface area contributed by atoms with Gasteiger partial charge in [0.15, 0.2) is 0 Å². The lowest BCUT2D eigenvalue weighted by Gasteiger charge is -2.12. The second kappa shape index (κ2) is 6.52. The van der Waals surface area contributed by atoms with Crippen molar-refractivity contribution in [1.82, 2.24) is 4.98 Å². The van der Waals surface area contributed by atoms with Crippen molar-refractivity contribution in [2.24, 2.45) is 0 Å². The minimum atomic E-state index is 0.384. The maximum Gasteiger partial charge on any atom is 0.483 e. The largest absolute Gasteiger partial charge is 0.483 e. The highest BCUT2D eigenvalue weighted by molar-refractivity contribution is 6.37. The summed E-state index contributed by atoms with van der Waals surface area (Å²) in [7, 11) is 0.940. The molecule has 0 fully saturated rings. The van der Waals surface area contributed by atoms with Gasteiger partial charge in [0.2, 0.25) is 0 Å². The quantitative estimate of drug-likeness (QED) is 0.444. The first-order chi connectivity index (χ1) is 7.94. The molecule has 1 heterocycles. The number of hydrogen-bond acceptors (Lipinski definition) is 2. The normalized spacial score (nSPS) is 11.6. The van der Waals surface area contributed by atoms with Crippen LogP contribution in [0.25, 0.3) is 0 Å². The van der Waals surface area contributed by atoms with Gasteiger partial charge in [-0.2, -0.15) is 0 Å². The Kier molecular flexibility index (Phi) is 5.63. The fourth-order valence-electron chi connectivity index (χ4n) is 1.30. The highest BCUT2D eigenvalue weighted by Crippen LogP contribution is 2.27. The second-order valence-corrected chi connectivity index (χ2v) is 7.05. The first kappa shape index (κ1) is 14.7. The summed E-state index contributed by atoms with van der Waals surface area (Å²) in [6.07, 6.45) is 1.08. The van der Waals surface area contributed by atoms with Crippen LogP contribution in [0.15, 0.2) is 12.1 Å². The third-order valence-corrected chi connectivity index (χ3v) is 4.80. The van der Waals surface area contributed by atoms with Crippen LogP contribution in [0.3, 0.4) is 0 Å². The Balaban J connectivity index is 2.36. The molecule has 0 spiro atoms. The number of pyridine rings is 1. The van der Waals surface area contributed by atoms with Crippen LogP contribution in [-0.2, 0) is 11.3 Å². The van der Waals surface area contributed by atoms with Crippen LogP contribution in [-0.4, -0.2) is 21.1 Å². The molecule has 17 heavy (non-hydrogen) atoms. The first-order valence-electron chi connectivity index (χ1n) is 5.83. The summed E-state index contributed by atoms with van der Waals surface area (Å²) in [5, 5.41) is 0.941. The molecule has 1 aromatic heterocycles. The van der Waals surface area contributed by atoms with E-state index < -0.39 is 0 Å². The van der Waals surface area contributed by atoms with Crippen LogP contribution < -0.4 is 0 Å². The van der Waals surface area contributed by atoms with Crippen molar-refractivity contribution in [3.63, 3.8) is 0 Å². The van der Waals surface area contributed by atoms with E-state index in [0.717, 1.165) is 33.8 Å². The van der Waals surface area contributed by atoms with Crippen molar-refractivity contribution in [2.45, 2.75) is 45.4 Å². The third-order valence-electron chi connectivity index (χ3n) is 2.87. The molecule has 0 atom stereocenters. The van der Waals surface area contributed by atoms with Gasteiger partial charge in [-0.15, -0.1) is 0 Å². The first-order valence-corrected chi connectivity index (χ1v) is 7.71. The topological polar surface area (TPSA) is 22.1 Å². The van der Waals surface area contributed by atoms with Gasteiger partial charge in [0.25, 0.3) is 0 Å². The lowest BCUT2D eigenvalue weighted by atomic mass is 10.1. The summed E-state index contributed by atoms with van der Waals surface area (Å²) >= 11 is 6.04. The number of hydrogen-bond donors (Lipinski definition) is 0. The summed E-state index contributed by atoms with van der Waals surface area (Å²) in [4.78, 5) is 4.20. The van der Waals surface area contributed by atoms with Crippen LogP contribution >= 0.6 is 11.6 Å². The molecule has 1 aromatic rings. The van der Waals surface area contributed by atoms with Gasteiger partial charge in [-0.3, -0.25) is 0 Å². The molecular weight excluding hydrogens is 250 g/mol. The molecule has 1 radical (unpaired) electrons. The van der Waals surface area contributed by atoms with Crippen molar-refractivity contribution in [2.75, 3.05) is 6.61 Å². The highest BCUT2D eigenvalue weighted by Gasteiger charge is 2.30. The van der Waals surface area contributed by atoms with Crippen LogP contribution in [0.4, 0.5) is 0 Å². The number of nitrogens with zero attached hydrogens (tertiary/aromatic N) is 1. The zero-order chi connectivity index (χ0) is 12.9. The van der Waals surface area contributed by atoms with Gasteiger partial charge in [0.1, 0.15) is 10.2 Å². The zero-order valence-corrected chi connectivity index (χ0v) is 12.8. The Hall–Kier alpha value is -0.383. The lowest BCUT2D eigenvalue weighted by molar-refractivity contribution is 0.112. The fraction of sp³-hybridized carbons (Fsp3) is 0.615. The summed E-state index contributed by atoms with van der Waals surface area (Å²) in [6, 6.07) is 3.94. The second-order valence-electron chi connectivity index (χ2n) is 4.84. The number of aromatic nitrogens is 1. The molecule has 0 N–H and O–H groups in total. The van der Waals surface area contributed by atoms with E-state index in [4.69, 9.17) is 16.3 Å². The number of ether oxygens (including phenoxy) is 1. The van der Waals surface area contributed by atoms with Gasteiger partial charge in [-0.05, 0) is 26.8 Å². The minimum Gasteiger partial charge on any atom is -0.377 e. The number of halogens is 1. The monoisotopic (exact) mass is 269 g/mol. The molecule has 0 amide bonds. The van der Waals surface area contributed by atoms with Gasteiger partial charge in [0, 0.05) is 17.7 Å². The average molecular weight is 270 g/mol. The van der Waals surface area contributed by atoms with Gasteiger partial charge in [-0.1, -0.05) is 17.7 Å². The van der Waals surface area contributed by atoms with E-state index in [1.807, 2.05) is 19.1 Å². The Morgan fingerprint density at radius 2 is 2.12 bits per heavy atom. The lowest BCUT2D eigenvalue weighted by Crippen LogP contribution is -2.13. The third kappa shape index (κ3) is 5.19. The van der Waals surface area contributed by atoms with Crippen LogP contribution in [0.2, 0.25) is 16.7 Å². The predicted molar refractivity (Wildman–Crippen MR) is 73.9 cm³/mol. The Morgan fingerprint density at radius 3 is 2.71 bits per heavy atom. The summed E-state index contributed by atoms with van der Waals surface area (Å²) < 4.78 is 5.66. The molecule has 4 heteroatoms. The Bertz CT molecular complexity index is 368. The van der Waals surface area contributed by atoms with Crippen molar-refractivity contribution in [3.05, 3.63) is 28.5 Å². The van der Waals surface area contributed by atoms with E-state index >= 15 is 0 Å². The van der Waals surface area contributed by atoms with E-state index in [2.05, 4.69) is 25.4 Å². The summed E-state index contributed by atoms with van der Waals surface area (Å²) in [5.74, 6) is 0. The predicted octanol–water partition coefficient (Wildman–Crippen LogP) is 3.90. The highest BCUT2D eigenvalue weighted by atomic mass is 35.5. The van der Waals surface area contributed by atoms with E-state index in [-0.39, 0.29) is 0 Å². The van der Waals surface area contributed by atoms with E-state index in [0.29, 0.717) is 16.8 Å². The average Bonchev–Trinajstić information content (AvgIpc) is 2.27. The smallest absolute Gasteiger partial charge is 0.377 e. The molecule has 0 aromatic carbocycles. The Morgan fingerprint density at radius 1 is 1.41 bits per heavy atom. The van der Waals surface area contributed by atoms with Crippen molar-refractivity contribution in [3.8, 4) is 0 Å². The van der Waals surface area contributed by atoms with Crippen molar-refractivity contribution in [1.29, 1.82) is 0 Å². The Labute approximate surface area is 112 Å². The molecule has 2 nitrogen and oxygen atoms in total. The zero-order valence-electron chi connectivity index (χ0n) is 11.0. The van der Waals surface area contributed by atoms with E-state index in [9.17, 15) is 0 Å². The molecule has 0 bridgehead atoms. The molecule has 0 unspecified atom stereocenters. The molecule has 0 aliphatic heterocycles. The van der Waals surface area contributed by atoms with Gasteiger partial charge >= 0.3 is 9.52 Å². The van der Waals surface area contributed by atoms with Crippen molar-refractivity contribution < 1.29 is 4.74 Å². The molecule has 93 valence electrons. The maximum atomic E-state index is 6.04. The van der Waals surface area contributed by atoms with Crippen LogP contribution in [0, 0.1) is 6.92 Å².